The van der Waals surface area contributed by atoms with Crippen molar-refractivity contribution in [2.75, 3.05) is 9.80 Å². The van der Waals surface area contributed by atoms with Gasteiger partial charge in [0.15, 0.2) is 0 Å². The second-order valence-electron chi connectivity index (χ2n) is 23.6. The van der Waals surface area contributed by atoms with Crippen LogP contribution in [0.4, 0.5) is 34.1 Å². The van der Waals surface area contributed by atoms with E-state index in [0.717, 1.165) is 11.2 Å². The van der Waals surface area contributed by atoms with Crippen molar-refractivity contribution in [2.24, 2.45) is 0 Å². The van der Waals surface area contributed by atoms with E-state index in [-0.39, 0.29) is 39.2 Å². The van der Waals surface area contributed by atoms with Crippen molar-refractivity contribution in [3.8, 4) is 0 Å². The lowest BCUT2D eigenvalue weighted by Gasteiger charge is -2.46. The van der Waals surface area contributed by atoms with E-state index in [1.54, 1.807) is 0 Å². The second kappa shape index (κ2) is 11.8. The molecule has 6 aromatic rings. The second-order valence-corrected chi connectivity index (χ2v) is 23.6. The lowest BCUT2D eigenvalue weighted by Crippen LogP contribution is -2.61. The van der Waals surface area contributed by atoms with Crippen LogP contribution < -0.4 is 26.4 Å². The van der Waals surface area contributed by atoms with Gasteiger partial charge < -0.3 is 14.2 Å². The first kappa shape index (κ1) is 38.2. The molecule has 1 fully saturated rings. The zero-order chi connectivity index (χ0) is 42.3. The molecule has 5 aliphatic rings. The van der Waals surface area contributed by atoms with Gasteiger partial charge in [0.1, 0.15) is 5.58 Å². The minimum Gasteiger partial charge on any atom is -0.468 e. The molecule has 60 heavy (non-hydrogen) atoms. The summed E-state index contributed by atoms with van der Waals surface area (Å²) in [6, 6.07) is 34.0. The number of hydrogen-bond acceptors (Lipinski definition) is 3. The predicted molar refractivity (Wildman–Crippen MR) is 256 cm³/mol. The highest BCUT2D eigenvalue weighted by molar-refractivity contribution is 7.00. The fourth-order valence-electron chi connectivity index (χ4n) is 12.5. The molecule has 0 amide bonds. The summed E-state index contributed by atoms with van der Waals surface area (Å²) in [6.07, 6.45) is 6.09. The van der Waals surface area contributed by atoms with Crippen LogP contribution in [0.1, 0.15) is 154 Å². The Hall–Kier alpha value is -4.70. The molecule has 306 valence electrons. The van der Waals surface area contributed by atoms with Gasteiger partial charge in [0.25, 0.3) is 6.71 Å². The van der Waals surface area contributed by atoms with Gasteiger partial charge in [0.05, 0.1) is 11.3 Å². The molecule has 0 N–H and O–H groups in total. The molecular formula is C56H63BN2O. The smallest absolute Gasteiger partial charge is 0.297 e. The molecule has 1 saturated carbocycles. The van der Waals surface area contributed by atoms with Gasteiger partial charge in [0.2, 0.25) is 0 Å². The molecule has 4 heteroatoms. The maximum Gasteiger partial charge on any atom is 0.297 e. The summed E-state index contributed by atoms with van der Waals surface area (Å²) in [5, 5.41) is 1.25. The van der Waals surface area contributed by atoms with Crippen LogP contribution >= 0.6 is 0 Å². The molecule has 0 saturated heterocycles. The maximum atomic E-state index is 7.54. The first-order valence-electron chi connectivity index (χ1n) is 22.8. The minimum absolute atomic E-state index is 0.0567. The quantitative estimate of drug-likeness (QED) is 0.163. The molecule has 2 aliphatic heterocycles. The van der Waals surface area contributed by atoms with Crippen LogP contribution in [-0.2, 0) is 32.5 Å². The van der Waals surface area contributed by atoms with Crippen LogP contribution in [0.15, 0.2) is 89.3 Å². The summed E-state index contributed by atoms with van der Waals surface area (Å²) in [5.74, 6) is 0. The molecule has 2 bridgehead atoms. The Labute approximate surface area is 359 Å². The molecule has 11 rings (SSSR count). The highest BCUT2D eigenvalue weighted by Crippen LogP contribution is 2.62. The lowest BCUT2D eigenvalue weighted by atomic mass is 9.35. The standard InChI is InChI=1S/C56H63BN2O/c1-33-26-45-48-46(27-33)59(37-20-16-35(17-21-37)52(5,6)7)49-38-28-41-42(56(13)25-24-55(41,12)32-56)31-47(38)60-50(49)57(48)43-29-39-40(54(10,11)23-22-53(39,8)9)30-44(43)58(45)36-18-14-34(15-19-36)51(2,3)4/h14-21,26-31H,22-25,32H2,1-13H3. The largest absolute Gasteiger partial charge is 0.468 e. The highest BCUT2D eigenvalue weighted by Gasteiger charge is 2.54. The van der Waals surface area contributed by atoms with Crippen LogP contribution in [0, 0.1) is 6.92 Å². The van der Waals surface area contributed by atoms with Crippen molar-refractivity contribution >= 4 is 68.4 Å². The topological polar surface area (TPSA) is 19.6 Å². The molecule has 0 radical (unpaired) electrons. The van der Waals surface area contributed by atoms with E-state index in [2.05, 4.69) is 185 Å². The number of anilines is 6. The van der Waals surface area contributed by atoms with Gasteiger partial charge in [-0.2, -0.15) is 0 Å². The third kappa shape index (κ3) is 5.21. The average Bonchev–Trinajstić information content (AvgIpc) is 3.78. The van der Waals surface area contributed by atoms with E-state index in [0.29, 0.717) is 0 Å². The van der Waals surface area contributed by atoms with E-state index in [1.165, 1.54) is 121 Å². The molecule has 2 atom stereocenters. The zero-order valence-electron chi connectivity index (χ0n) is 38.5. The van der Waals surface area contributed by atoms with Crippen LogP contribution in [0.5, 0.6) is 0 Å². The lowest BCUT2D eigenvalue weighted by molar-refractivity contribution is 0.332. The van der Waals surface area contributed by atoms with Crippen molar-refractivity contribution < 1.29 is 4.42 Å². The number of nitrogens with zero attached hydrogens (tertiary/aromatic N) is 2. The van der Waals surface area contributed by atoms with Gasteiger partial charge in [-0.25, -0.2) is 0 Å². The Kier molecular flexibility index (Phi) is 7.53. The Morgan fingerprint density at radius 2 is 1.05 bits per heavy atom. The van der Waals surface area contributed by atoms with E-state index in [1.807, 2.05) is 0 Å². The van der Waals surface area contributed by atoms with Gasteiger partial charge in [-0.05, 0) is 176 Å². The number of aryl methyl sites for hydroxylation is 1. The normalized spacial score (nSPS) is 23.1. The van der Waals surface area contributed by atoms with Crippen molar-refractivity contribution in [1.82, 2.24) is 0 Å². The van der Waals surface area contributed by atoms with E-state index in [9.17, 15) is 0 Å². The fourth-order valence-corrected chi connectivity index (χ4v) is 12.5. The van der Waals surface area contributed by atoms with Crippen LogP contribution in [-0.4, -0.2) is 6.71 Å². The first-order chi connectivity index (χ1) is 28.1. The molecule has 5 aromatic carbocycles. The van der Waals surface area contributed by atoms with Crippen molar-refractivity contribution in [3.63, 3.8) is 0 Å². The number of rotatable bonds is 2. The first-order valence-corrected chi connectivity index (χ1v) is 22.8. The molecular weight excluding hydrogens is 727 g/mol. The van der Waals surface area contributed by atoms with Crippen LogP contribution in [0.2, 0.25) is 0 Å². The molecule has 0 spiro atoms. The molecule has 3 nitrogen and oxygen atoms in total. The number of hydrogen-bond donors (Lipinski definition) is 0. The summed E-state index contributed by atoms with van der Waals surface area (Å²) in [7, 11) is 0. The summed E-state index contributed by atoms with van der Waals surface area (Å²) in [6.45, 7) is 31.0. The Morgan fingerprint density at radius 3 is 1.60 bits per heavy atom. The summed E-state index contributed by atoms with van der Waals surface area (Å²) >= 11 is 0. The third-order valence-electron chi connectivity index (χ3n) is 16.2. The average molecular weight is 791 g/mol. The molecule has 2 unspecified atom stereocenters. The van der Waals surface area contributed by atoms with Crippen molar-refractivity contribution in [1.29, 1.82) is 0 Å². The van der Waals surface area contributed by atoms with Crippen LogP contribution in [0.3, 0.4) is 0 Å². The highest BCUT2D eigenvalue weighted by atomic mass is 16.3. The van der Waals surface area contributed by atoms with Gasteiger partial charge in [0, 0.05) is 33.8 Å². The molecule has 1 aromatic heterocycles. The summed E-state index contributed by atoms with van der Waals surface area (Å²) in [4.78, 5) is 5.18. The van der Waals surface area contributed by atoms with E-state index < -0.39 is 0 Å². The van der Waals surface area contributed by atoms with E-state index in [4.69, 9.17) is 4.42 Å². The predicted octanol–water partition coefficient (Wildman–Crippen LogP) is 13.5. The summed E-state index contributed by atoms with van der Waals surface area (Å²) < 4.78 is 7.54. The van der Waals surface area contributed by atoms with Crippen molar-refractivity contribution in [2.45, 2.75) is 155 Å². The molecule has 3 heterocycles. The van der Waals surface area contributed by atoms with Crippen LogP contribution in [0.25, 0.3) is 11.0 Å². The maximum absolute atomic E-state index is 7.54. The number of furan rings is 1. The number of benzene rings is 5. The van der Waals surface area contributed by atoms with Gasteiger partial charge >= 0.3 is 0 Å². The monoisotopic (exact) mass is 791 g/mol. The van der Waals surface area contributed by atoms with E-state index >= 15 is 0 Å². The SMILES string of the molecule is Cc1cc2c3c(c1)N(c1ccc(C(C)(C)C)cc1)c1c(oc4cc5c(cc14)C1(C)CCC5(C)C1)B3c1cc3c(cc1N2c1ccc(C(C)(C)C)cc1)C(C)(C)CCC3(C)C. The Balaban J connectivity index is 1.25. The zero-order valence-corrected chi connectivity index (χ0v) is 38.5. The molecule has 3 aliphatic carbocycles. The Morgan fingerprint density at radius 1 is 0.550 bits per heavy atom. The fraction of sp³-hybridized carbons (Fsp3) is 0.429. The van der Waals surface area contributed by atoms with Crippen molar-refractivity contribution in [3.05, 3.63) is 124 Å². The number of fused-ring (bicyclic) bond motifs is 12. The third-order valence-corrected chi connectivity index (χ3v) is 16.2. The van der Waals surface area contributed by atoms with Gasteiger partial charge in [-0.1, -0.05) is 113 Å². The van der Waals surface area contributed by atoms with Gasteiger partial charge in [-0.15, -0.1) is 0 Å². The Bertz CT molecular complexity index is 2810. The minimum atomic E-state index is -0.0629. The summed E-state index contributed by atoms with van der Waals surface area (Å²) in [5.41, 5.74) is 22.8. The van der Waals surface area contributed by atoms with Gasteiger partial charge in [-0.3, -0.25) is 0 Å².